The number of aromatic nitrogens is 3. The van der Waals surface area contributed by atoms with Gasteiger partial charge in [-0.15, -0.1) is 5.10 Å². The molecule has 4 nitrogen and oxygen atoms in total. The highest BCUT2D eigenvalue weighted by molar-refractivity contribution is 9.08. The summed E-state index contributed by atoms with van der Waals surface area (Å²) < 4.78 is 7.41. The van der Waals surface area contributed by atoms with Crippen molar-refractivity contribution in [3.8, 4) is 6.01 Å². The van der Waals surface area contributed by atoms with Gasteiger partial charge in [-0.3, -0.25) is 4.57 Å². The van der Waals surface area contributed by atoms with E-state index in [4.69, 9.17) is 4.74 Å². The van der Waals surface area contributed by atoms with Crippen LogP contribution in [0.15, 0.2) is 0 Å². The first-order chi connectivity index (χ1) is 6.69. The van der Waals surface area contributed by atoms with Crippen LogP contribution < -0.4 is 4.74 Å². The highest BCUT2D eigenvalue weighted by Crippen LogP contribution is 2.15. The van der Waals surface area contributed by atoms with E-state index in [2.05, 4.69) is 40.0 Å². The van der Waals surface area contributed by atoms with Gasteiger partial charge in [-0.2, -0.15) is 0 Å². The minimum Gasteiger partial charge on any atom is -0.464 e. The molecular weight excluding hydrogens is 246 g/mol. The second kappa shape index (κ2) is 5.34. The van der Waals surface area contributed by atoms with Crippen LogP contribution in [0.4, 0.5) is 0 Å². The molecule has 0 radical (unpaired) electrons. The smallest absolute Gasteiger partial charge is 0.316 e. The minimum atomic E-state index is 0.558. The van der Waals surface area contributed by atoms with E-state index in [0.29, 0.717) is 23.9 Å². The maximum Gasteiger partial charge on any atom is 0.316 e. The second-order valence-electron chi connectivity index (χ2n) is 3.47. The van der Waals surface area contributed by atoms with E-state index >= 15 is 0 Å². The Bertz CT molecular complexity index is 286. The first-order valence-corrected chi connectivity index (χ1v) is 5.92. The summed E-state index contributed by atoms with van der Waals surface area (Å²) in [5.41, 5.74) is 0. The fourth-order valence-electron chi connectivity index (χ4n) is 1.20. The Balaban J connectivity index is 2.87. The van der Waals surface area contributed by atoms with Crippen LogP contribution in [0, 0.1) is 5.92 Å². The van der Waals surface area contributed by atoms with Gasteiger partial charge in [0.2, 0.25) is 0 Å². The maximum absolute atomic E-state index is 5.39. The summed E-state index contributed by atoms with van der Waals surface area (Å²) in [4.78, 5) is 0. The highest BCUT2D eigenvalue weighted by atomic mass is 79.9. The largest absolute Gasteiger partial charge is 0.464 e. The number of halogens is 1. The number of nitrogens with zero attached hydrogens (tertiary/aromatic N) is 3. The fraction of sp³-hybridized carbons (Fsp3) is 0.778. The van der Waals surface area contributed by atoms with Gasteiger partial charge in [0, 0.05) is 6.54 Å². The lowest BCUT2D eigenvalue weighted by Gasteiger charge is -2.10. The SMILES string of the molecule is CCOc1nnc(CBr)n1CC(C)C. The van der Waals surface area contributed by atoms with Crippen LogP contribution in [-0.4, -0.2) is 21.4 Å². The lowest BCUT2D eigenvalue weighted by molar-refractivity contribution is 0.287. The predicted molar refractivity (Wildman–Crippen MR) is 58.7 cm³/mol. The Hall–Kier alpha value is -0.580. The molecule has 1 heterocycles. The molecule has 0 aliphatic rings. The summed E-state index contributed by atoms with van der Waals surface area (Å²) in [5.74, 6) is 1.48. The zero-order valence-electron chi connectivity index (χ0n) is 8.83. The van der Waals surface area contributed by atoms with Crippen molar-refractivity contribution >= 4 is 15.9 Å². The van der Waals surface area contributed by atoms with Gasteiger partial charge in [-0.25, -0.2) is 0 Å². The van der Waals surface area contributed by atoms with Crippen molar-refractivity contribution < 1.29 is 4.74 Å². The van der Waals surface area contributed by atoms with Gasteiger partial charge in [0.15, 0.2) is 0 Å². The predicted octanol–water partition coefficient (Wildman–Crippen LogP) is 2.23. The average Bonchev–Trinajstić information content (AvgIpc) is 2.48. The number of rotatable bonds is 5. The molecule has 0 aromatic carbocycles. The van der Waals surface area contributed by atoms with Gasteiger partial charge in [0.25, 0.3) is 0 Å². The zero-order valence-corrected chi connectivity index (χ0v) is 10.4. The molecule has 0 unspecified atom stereocenters. The van der Waals surface area contributed by atoms with Gasteiger partial charge < -0.3 is 4.74 Å². The molecule has 0 saturated heterocycles. The molecule has 0 amide bonds. The van der Waals surface area contributed by atoms with E-state index in [1.54, 1.807) is 0 Å². The first-order valence-electron chi connectivity index (χ1n) is 4.79. The Morgan fingerprint density at radius 3 is 2.64 bits per heavy atom. The molecular formula is C9H16BrN3O. The monoisotopic (exact) mass is 261 g/mol. The van der Waals surface area contributed by atoms with E-state index in [-0.39, 0.29) is 0 Å². The van der Waals surface area contributed by atoms with E-state index in [0.717, 1.165) is 12.4 Å². The van der Waals surface area contributed by atoms with Crippen molar-refractivity contribution in [2.75, 3.05) is 6.61 Å². The summed E-state index contributed by atoms with van der Waals surface area (Å²) >= 11 is 3.38. The van der Waals surface area contributed by atoms with Crippen LogP contribution >= 0.6 is 15.9 Å². The summed E-state index contributed by atoms with van der Waals surface area (Å²) in [6, 6.07) is 0.621. The van der Waals surface area contributed by atoms with E-state index in [1.807, 2.05) is 11.5 Å². The van der Waals surface area contributed by atoms with Gasteiger partial charge in [0.05, 0.1) is 11.9 Å². The molecule has 0 saturated carbocycles. The number of ether oxygens (including phenoxy) is 1. The molecule has 0 atom stereocenters. The third-order valence-corrected chi connectivity index (χ3v) is 2.24. The summed E-state index contributed by atoms with van der Waals surface area (Å²) in [6.45, 7) is 7.78. The van der Waals surface area contributed by atoms with Crippen LogP contribution in [0.1, 0.15) is 26.6 Å². The third-order valence-electron chi connectivity index (χ3n) is 1.73. The highest BCUT2D eigenvalue weighted by Gasteiger charge is 2.12. The molecule has 0 aliphatic heterocycles. The molecule has 80 valence electrons. The molecule has 1 rings (SSSR count). The first kappa shape index (κ1) is 11.5. The molecule has 0 spiro atoms. The fourth-order valence-corrected chi connectivity index (χ4v) is 1.62. The van der Waals surface area contributed by atoms with Crippen LogP contribution in [0.25, 0.3) is 0 Å². The van der Waals surface area contributed by atoms with Gasteiger partial charge in [-0.05, 0) is 12.8 Å². The summed E-state index contributed by atoms with van der Waals surface area (Å²) in [6.07, 6.45) is 0. The zero-order chi connectivity index (χ0) is 10.6. The quantitative estimate of drug-likeness (QED) is 0.764. The van der Waals surface area contributed by atoms with Crippen molar-refractivity contribution in [1.82, 2.24) is 14.8 Å². The Kier molecular flexibility index (Phi) is 4.38. The normalized spacial score (nSPS) is 10.9. The Morgan fingerprint density at radius 1 is 1.43 bits per heavy atom. The molecule has 0 aliphatic carbocycles. The molecule has 0 fully saturated rings. The van der Waals surface area contributed by atoms with Crippen LogP contribution in [-0.2, 0) is 11.9 Å². The molecule has 1 aromatic rings. The summed E-state index contributed by atoms with van der Waals surface area (Å²) in [7, 11) is 0. The molecule has 5 heteroatoms. The van der Waals surface area contributed by atoms with E-state index < -0.39 is 0 Å². The topological polar surface area (TPSA) is 39.9 Å². The van der Waals surface area contributed by atoms with Crippen molar-refractivity contribution in [2.24, 2.45) is 5.92 Å². The van der Waals surface area contributed by atoms with E-state index in [9.17, 15) is 0 Å². The van der Waals surface area contributed by atoms with Crippen LogP contribution in [0.5, 0.6) is 6.01 Å². The molecule has 1 aromatic heterocycles. The van der Waals surface area contributed by atoms with Crippen molar-refractivity contribution in [1.29, 1.82) is 0 Å². The lowest BCUT2D eigenvalue weighted by Crippen LogP contribution is -2.10. The third kappa shape index (κ3) is 2.70. The summed E-state index contributed by atoms with van der Waals surface area (Å²) in [5, 5.41) is 8.75. The Labute approximate surface area is 92.8 Å². The molecule has 0 N–H and O–H groups in total. The molecule has 14 heavy (non-hydrogen) atoms. The van der Waals surface area contributed by atoms with Crippen molar-refractivity contribution in [2.45, 2.75) is 32.6 Å². The number of hydrogen-bond acceptors (Lipinski definition) is 3. The number of hydrogen-bond donors (Lipinski definition) is 0. The standard InChI is InChI=1S/C9H16BrN3O/c1-4-14-9-12-11-8(5-10)13(9)6-7(2)3/h7H,4-6H2,1-3H3. The lowest BCUT2D eigenvalue weighted by atomic mass is 10.2. The molecule has 0 bridgehead atoms. The second-order valence-corrected chi connectivity index (χ2v) is 4.03. The minimum absolute atomic E-state index is 0.558. The number of alkyl halides is 1. The van der Waals surface area contributed by atoms with E-state index in [1.165, 1.54) is 0 Å². The van der Waals surface area contributed by atoms with Crippen molar-refractivity contribution in [3.05, 3.63) is 5.82 Å². The van der Waals surface area contributed by atoms with Crippen molar-refractivity contribution in [3.63, 3.8) is 0 Å². The average molecular weight is 262 g/mol. The Morgan fingerprint density at radius 2 is 2.14 bits per heavy atom. The van der Waals surface area contributed by atoms with Gasteiger partial charge in [-0.1, -0.05) is 34.9 Å². The van der Waals surface area contributed by atoms with Crippen LogP contribution in [0.2, 0.25) is 0 Å². The maximum atomic E-state index is 5.39. The van der Waals surface area contributed by atoms with Crippen LogP contribution in [0.3, 0.4) is 0 Å². The van der Waals surface area contributed by atoms with Gasteiger partial charge in [0.1, 0.15) is 5.82 Å². The van der Waals surface area contributed by atoms with Gasteiger partial charge >= 0.3 is 6.01 Å².